The van der Waals surface area contributed by atoms with Crippen molar-refractivity contribution in [2.24, 2.45) is 0 Å². The van der Waals surface area contributed by atoms with Crippen molar-refractivity contribution in [1.29, 1.82) is 0 Å². The summed E-state index contributed by atoms with van der Waals surface area (Å²) < 4.78 is 228. The molecule has 0 aromatic carbocycles. The van der Waals surface area contributed by atoms with E-state index in [1.54, 1.807) is 4.52 Å². The van der Waals surface area contributed by atoms with Crippen LogP contribution >= 0.6 is 7.82 Å². The van der Waals surface area contributed by atoms with E-state index < -0.39 is 55.6 Å². The number of hydrogen-bond acceptors (Lipinski definition) is 2. The van der Waals surface area contributed by atoms with Gasteiger partial charge in [-0.3, -0.25) is 0 Å². The van der Waals surface area contributed by atoms with Crippen molar-refractivity contribution in [2.75, 3.05) is 0 Å². The third-order valence-corrected chi connectivity index (χ3v) is 3.39. The van der Waals surface area contributed by atoms with Crippen LogP contribution in [0.4, 0.5) is 74.6 Å². The van der Waals surface area contributed by atoms with Gasteiger partial charge in [0.15, 0.2) is 0 Å². The molecule has 0 aliphatic rings. The van der Waals surface area contributed by atoms with Gasteiger partial charge >= 0.3 is 55.6 Å². The molecule has 0 saturated heterocycles. The van der Waals surface area contributed by atoms with Crippen LogP contribution in [0.3, 0.4) is 0 Å². The Morgan fingerprint density at radius 2 is 0.700 bits per heavy atom. The highest BCUT2D eigenvalue weighted by Crippen LogP contribution is 2.64. The second-order valence-corrected chi connectivity index (χ2v) is 6.21. The first-order chi connectivity index (χ1) is 12.5. The fourth-order valence-corrected chi connectivity index (χ4v) is 1.77. The molecule has 0 aromatic rings. The third kappa shape index (κ3) is 3.92. The van der Waals surface area contributed by atoms with Crippen LogP contribution in [0.5, 0.6) is 0 Å². The first kappa shape index (κ1) is 28.9. The molecule has 0 heterocycles. The number of phosphoric ester groups is 1. The maximum Gasteiger partial charge on any atom is 0.474 e. The highest BCUT2D eigenvalue weighted by atomic mass is 31.2. The molecule has 182 valence electrons. The summed E-state index contributed by atoms with van der Waals surface area (Å²) in [7, 11) is -7.04. The Kier molecular flexibility index (Phi) is 6.71. The van der Waals surface area contributed by atoms with Crippen molar-refractivity contribution in [3.63, 3.8) is 0 Å². The number of rotatable bonds is 8. The molecular weight excluding hydrogens is 514 g/mol. The molecular formula is C8H2F17O4P. The zero-order valence-electron chi connectivity index (χ0n) is 12.6. The Morgan fingerprint density at radius 1 is 0.467 bits per heavy atom. The molecule has 0 aromatic heterocycles. The highest BCUT2D eigenvalue weighted by Gasteiger charge is 2.95. The maximum atomic E-state index is 13.1. The van der Waals surface area contributed by atoms with E-state index >= 15 is 0 Å². The third-order valence-electron chi connectivity index (χ3n) is 2.93. The minimum absolute atomic E-state index is 1.70. The van der Waals surface area contributed by atoms with E-state index in [1.165, 1.54) is 0 Å². The quantitative estimate of drug-likeness (QED) is 0.350. The maximum absolute atomic E-state index is 13.1. The lowest BCUT2D eigenvalue weighted by Gasteiger charge is -2.42. The van der Waals surface area contributed by atoms with Gasteiger partial charge in [0.1, 0.15) is 0 Å². The zero-order chi connectivity index (χ0) is 25.2. The summed E-state index contributed by atoms with van der Waals surface area (Å²) in [5.41, 5.74) is 0. The Hall–Kier alpha value is -1.08. The van der Waals surface area contributed by atoms with E-state index in [1.807, 2.05) is 0 Å². The fourth-order valence-electron chi connectivity index (χ4n) is 1.36. The lowest BCUT2D eigenvalue weighted by atomic mass is 9.91. The van der Waals surface area contributed by atoms with Gasteiger partial charge in [-0.15, -0.1) is 0 Å². The molecule has 0 unspecified atom stereocenters. The van der Waals surface area contributed by atoms with Gasteiger partial charge in [-0.1, -0.05) is 0 Å². The minimum Gasteiger partial charge on any atom is -0.303 e. The molecule has 0 fully saturated rings. The summed E-state index contributed by atoms with van der Waals surface area (Å²) in [6.45, 7) is 0. The molecule has 4 nitrogen and oxygen atoms in total. The number of halogens is 17. The molecule has 30 heavy (non-hydrogen) atoms. The molecule has 22 heteroatoms. The van der Waals surface area contributed by atoms with E-state index in [0.717, 1.165) is 0 Å². The second kappa shape index (κ2) is 6.96. The lowest BCUT2D eigenvalue weighted by molar-refractivity contribution is -0.472. The van der Waals surface area contributed by atoms with Gasteiger partial charge in [0.25, 0.3) is 0 Å². The monoisotopic (exact) mass is 516 g/mol. The van der Waals surface area contributed by atoms with Gasteiger partial charge in [-0.25, -0.2) is 9.09 Å². The van der Waals surface area contributed by atoms with Gasteiger partial charge in [0.05, 0.1) is 0 Å². The average molecular weight is 516 g/mol. The van der Waals surface area contributed by atoms with Crippen LogP contribution in [-0.4, -0.2) is 57.6 Å². The van der Waals surface area contributed by atoms with Gasteiger partial charge in [-0.05, 0) is 0 Å². The summed E-state index contributed by atoms with van der Waals surface area (Å²) >= 11 is 0. The molecule has 0 radical (unpaired) electrons. The molecule has 0 saturated carbocycles. The summed E-state index contributed by atoms with van der Waals surface area (Å²) in [6, 6.07) is 0. The number of hydrogen-bond donors (Lipinski definition) is 2. The second-order valence-electron chi connectivity index (χ2n) is 5.04. The van der Waals surface area contributed by atoms with Crippen molar-refractivity contribution >= 4 is 7.82 Å². The minimum atomic E-state index is -8.84. The standard InChI is InChI=1S/C8H2F17O4P/c9-1(10,3(13,14)5(17,18)7(21,22)23)2(11,12)4(15,16)6(19,20)8(24,25)29-30(26,27)28/h(H2,26,27,28). The van der Waals surface area contributed by atoms with E-state index in [4.69, 9.17) is 9.79 Å². The highest BCUT2D eigenvalue weighted by molar-refractivity contribution is 7.46. The molecule has 0 aliphatic heterocycles. The van der Waals surface area contributed by atoms with Crippen LogP contribution in [0.15, 0.2) is 0 Å². The lowest BCUT2D eigenvalue weighted by Crippen LogP contribution is -2.74. The summed E-state index contributed by atoms with van der Waals surface area (Å²) in [4.78, 5) is 15.6. The van der Waals surface area contributed by atoms with Crippen LogP contribution in [-0.2, 0) is 9.09 Å². The molecule has 0 amide bonds. The van der Waals surface area contributed by atoms with Gasteiger partial charge in [-0.2, -0.15) is 74.6 Å². The smallest absolute Gasteiger partial charge is 0.303 e. The number of alkyl halides is 17. The van der Waals surface area contributed by atoms with Gasteiger partial charge < -0.3 is 9.79 Å². The largest absolute Gasteiger partial charge is 0.474 e. The molecule has 0 bridgehead atoms. The fraction of sp³-hybridized carbons (Fsp3) is 1.00. The van der Waals surface area contributed by atoms with Gasteiger partial charge in [0, 0.05) is 0 Å². The zero-order valence-corrected chi connectivity index (χ0v) is 13.5. The van der Waals surface area contributed by atoms with Crippen molar-refractivity contribution in [2.45, 2.75) is 47.8 Å². The molecule has 0 spiro atoms. The van der Waals surface area contributed by atoms with Gasteiger partial charge in [0.2, 0.25) is 0 Å². The van der Waals surface area contributed by atoms with Crippen molar-refractivity contribution in [3.8, 4) is 0 Å². The van der Waals surface area contributed by atoms with Crippen LogP contribution in [0, 0.1) is 0 Å². The van der Waals surface area contributed by atoms with Crippen molar-refractivity contribution in [3.05, 3.63) is 0 Å². The predicted molar refractivity (Wildman–Crippen MR) is 53.8 cm³/mol. The summed E-state index contributed by atoms with van der Waals surface area (Å²) in [5.74, 6) is -51.6. The van der Waals surface area contributed by atoms with E-state index in [9.17, 15) is 79.2 Å². The van der Waals surface area contributed by atoms with Crippen LogP contribution in [0.1, 0.15) is 0 Å². The molecule has 0 aliphatic carbocycles. The van der Waals surface area contributed by atoms with E-state index in [-0.39, 0.29) is 0 Å². The molecule has 0 atom stereocenters. The van der Waals surface area contributed by atoms with Crippen LogP contribution in [0.2, 0.25) is 0 Å². The first-order valence-electron chi connectivity index (χ1n) is 5.93. The normalized spacial score (nSPS) is 16.8. The topological polar surface area (TPSA) is 66.8 Å². The van der Waals surface area contributed by atoms with E-state index in [0.29, 0.717) is 0 Å². The van der Waals surface area contributed by atoms with Crippen LogP contribution < -0.4 is 0 Å². The number of phosphoric acid groups is 1. The first-order valence-corrected chi connectivity index (χ1v) is 7.46. The van der Waals surface area contributed by atoms with E-state index in [2.05, 4.69) is 0 Å². The Labute approximate surface area is 150 Å². The predicted octanol–water partition coefficient (Wildman–Crippen LogP) is 5.06. The molecule has 2 N–H and O–H groups in total. The van der Waals surface area contributed by atoms with Crippen molar-refractivity contribution < 1.29 is 93.5 Å². The summed E-state index contributed by atoms with van der Waals surface area (Å²) in [6.07, 6.45) is -15.5. The molecule has 0 rings (SSSR count). The Morgan fingerprint density at radius 3 is 0.933 bits per heavy atom. The average Bonchev–Trinajstić information content (AvgIpc) is 2.41. The van der Waals surface area contributed by atoms with Crippen molar-refractivity contribution in [1.82, 2.24) is 0 Å². The SMILES string of the molecule is O=P(O)(O)OC(F)(F)C(F)(F)C(F)(F)C(F)(F)C(F)(F)C(F)(F)C(F)(F)C(F)(F)F. The van der Waals surface area contributed by atoms with Crippen LogP contribution in [0.25, 0.3) is 0 Å². The summed E-state index contributed by atoms with van der Waals surface area (Å²) in [5, 5.41) is 0. The Bertz CT molecular complexity index is 690. The Balaban J connectivity index is 6.73.